The van der Waals surface area contributed by atoms with Gasteiger partial charge in [0.2, 0.25) is 0 Å². The Bertz CT molecular complexity index is 518. The van der Waals surface area contributed by atoms with Crippen LogP contribution in [0.4, 0.5) is 0 Å². The van der Waals surface area contributed by atoms with Gasteiger partial charge in [0.05, 0.1) is 5.01 Å². The first-order chi connectivity index (χ1) is 8.85. The molecular formula is C12H16N4OS. The van der Waals surface area contributed by atoms with E-state index in [9.17, 15) is 0 Å². The average Bonchev–Trinajstić information content (AvgIpc) is 2.92. The first-order valence-electron chi connectivity index (χ1n) is 6.32. The molecule has 18 heavy (non-hydrogen) atoms. The van der Waals surface area contributed by atoms with Crippen LogP contribution in [0.15, 0.2) is 9.90 Å². The Morgan fingerprint density at radius 3 is 3.00 bits per heavy atom. The Kier molecular flexibility index (Phi) is 3.38. The molecule has 5 nitrogen and oxygen atoms in total. The van der Waals surface area contributed by atoms with Gasteiger partial charge in [0.15, 0.2) is 5.82 Å². The summed E-state index contributed by atoms with van der Waals surface area (Å²) in [6.45, 7) is 0.615. The minimum Gasteiger partial charge on any atom is -0.332 e. The third-order valence-corrected chi connectivity index (χ3v) is 4.20. The summed E-state index contributed by atoms with van der Waals surface area (Å²) >= 11 is 1.59. The van der Waals surface area contributed by atoms with Gasteiger partial charge in [-0.1, -0.05) is 24.4 Å². The Labute approximate surface area is 109 Å². The van der Waals surface area contributed by atoms with Crippen LogP contribution in [0.1, 0.15) is 30.1 Å². The molecule has 2 aromatic heterocycles. The second-order valence-electron chi connectivity index (χ2n) is 4.68. The standard InChI is InChI=1S/C12H16N4OS/c13-5-4-11-14-9(7-18-11)12-15-10(16-17-12)6-8-2-1-3-8/h7-8H,1-6,13H2. The summed E-state index contributed by atoms with van der Waals surface area (Å²) in [4.78, 5) is 8.85. The van der Waals surface area contributed by atoms with Gasteiger partial charge in [-0.3, -0.25) is 0 Å². The molecule has 96 valence electrons. The van der Waals surface area contributed by atoms with Crippen LogP contribution in [0.25, 0.3) is 11.6 Å². The molecule has 1 aliphatic carbocycles. The van der Waals surface area contributed by atoms with Gasteiger partial charge in [-0.2, -0.15) is 4.98 Å². The average molecular weight is 264 g/mol. The van der Waals surface area contributed by atoms with Crippen LogP contribution in [-0.4, -0.2) is 21.7 Å². The Balaban J connectivity index is 1.70. The zero-order chi connectivity index (χ0) is 12.4. The Hall–Kier alpha value is -1.27. The molecule has 0 saturated heterocycles. The Morgan fingerprint density at radius 2 is 2.28 bits per heavy atom. The fourth-order valence-corrected chi connectivity index (χ4v) is 2.83. The molecule has 1 fully saturated rings. The highest BCUT2D eigenvalue weighted by Crippen LogP contribution is 2.29. The number of thiazole rings is 1. The van der Waals surface area contributed by atoms with Crippen molar-refractivity contribution in [3.63, 3.8) is 0 Å². The second kappa shape index (κ2) is 5.16. The number of hydrogen-bond acceptors (Lipinski definition) is 6. The zero-order valence-corrected chi connectivity index (χ0v) is 10.9. The molecule has 2 aromatic rings. The van der Waals surface area contributed by atoms with Gasteiger partial charge in [0.1, 0.15) is 5.69 Å². The van der Waals surface area contributed by atoms with Crippen LogP contribution in [0.3, 0.4) is 0 Å². The molecule has 1 aliphatic rings. The predicted molar refractivity (Wildman–Crippen MR) is 69.2 cm³/mol. The van der Waals surface area contributed by atoms with E-state index in [1.807, 2.05) is 5.38 Å². The van der Waals surface area contributed by atoms with Crippen LogP contribution in [0.5, 0.6) is 0 Å². The van der Waals surface area contributed by atoms with Gasteiger partial charge in [0, 0.05) is 18.2 Å². The van der Waals surface area contributed by atoms with E-state index in [-0.39, 0.29) is 0 Å². The number of aromatic nitrogens is 3. The largest absolute Gasteiger partial charge is 0.332 e. The molecule has 0 atom stereocenters. The van der Waals surface area contributed by atoms with Crippen molar-refractivity contribution in [2.24, 2.45) is 11.7 Å². The summed E-state index contributed by atoms with van der Waals surface area (Å²) in [7, 11) is 0. The second-order valence-corrected chi connectivity index (χ2v) is 5.62. The van der Waals surface area contributed by atoms with E-state index < -0.39 is 0 Å². The van der Waals surface area contributed by atoms with Crippen molar-refractivity contribution in [2.45, 2.75) is 32.1 Å². The van der Waals surface area contributed by atoms with Crippen LogP contribution >= 0.6 is 11.3 Å². The monoisotopic (exact) mass is 264 g/mol. The van der Waals surface area contributed by atoms with Gasteiger partial charge in [0.25, 0.3) is 5.89 Å². The van der Waals surface area contributed by atoms with E-state index in [1.54, 1.807) is 11.3 Å². The van der Waals surface area contributed by atoms with E-state index in [0.29, 0.717) is 12.4 Å². The number of hydrogen-bond donors (Lipinski definition) is 1. The number of nitrogens with two attached hydrogens (primary N) is 1. The maximum atomic E-state index is 5.50. The highest BCUT2D eigenvalue weighted by Gasteiger charge is 2.21. The fourth-order valence-electron chi connectivity index (χ4n) is 2.04. The highest BCUT2D eigenvalue weighted by molar-refractivity contribution is 7.09. The third-order valence-electron chi connectivity index (χ3n) is 3.29. The molecule has 2 heterocycles. The summed E-state index contributed by atoms with van der Waals surface area (Å²) in [5, 5.41) is 6.99. The normalized spacial score (nSPS) is 15.8. The summed E-state index contributed by atoms with van der Waals surface area (Å²) in [6.07, 6.45) is 5.66. The molecule has 0 aromatic carbocycles. The van der Waals surface area contributed by atoms with Gasteiger partial charge in [-0.15, -0.1) is 11.3 Å². The highest BCUT2D eigenvalue weighted by atomic mass is 32.1. The van der Waals surface area contributed by atoms with Crippen LogP contribution < -0.4 is 5.73 Å². The SMILES string of the molecule is NCCc1nc(-c2nc(CC3CCC3)no2)cs1. The molecule has 2 N–H and O–H groups in total. The van der Waals surface area contributed by atoms with E-state index in [2.05, 4.69) is 15.1 Å². The predicted octanol–water partition coefficient (Wildman–Crippen LogP) is 2.04. The molecule has 0 spiro atoms. The summed E-state index contributed by atoms with van der Waals surface area (Å²) in [6, 6.07) is 0. The lowest BCUT2D eigenvalue weighted by molar-refractivity contribution is 0.304. The van der Waals surface area contributed by atoms with Crippen molar-refractivity contribution in [3.05, 3.63) is 16.2 Å². The van der Waals surface area contributed by atoms with E-state index in [1.165, 1.54) is 19.3 Å². The van der Waals surface area contributed by atoms with Crippen LogP contribution in [0.2, 0.25) is 0 Å². The summed E-state index contributed by atoms with van der Waals surface area (Å²) < 4.78 is 5.26. The minimum atomic E-state index is 0.531. The first-order valence-corrected chi connectivity index (χ1v) is 7.20. The van der Waals surface area contributed by atoms with Crippen molar-refractivity contribution < 1.29 is 4.52 Å². The first kappa shape index (κ1) is 11.8. The smallest absolute Gasteiger partial charge is 0.277 e. The van der Waals surface area contributed by atoms with Crippen LogP contribution in [-0.2, 0) is 12.8 Å². The van der Waals surface area contributed by atoms with Crippen LogP contribution in [0, 0.1) is 5.92 Å². The molecule has 0 unspecified atom stereocenters. The van der Waals surface area contributed by atoms with E-state index >= 15 is 0 Å². The number of rotatable bonds is 5. The van der Waals surface area contributed by atoms with Gasteiger partial charge < -0.3 is 10.3 Å². The van der Waals surface area contributed by atoms with Crippen molar-refractivity contribution in [1.29, 1.82) is 0 Å². The topological polar surface area (TPSA) is 77.8 Å². The molecule has 6 heteroatoms. The molecular weight excluding hydrogens is 248 g/mol. The summed E-state index contributed by atoms with van der Waals surface area (Å²) in [5.41, 5.74) is 6.28. The van der Waals surface area contributed by atoms with Crippen molar-refractivity contribution in [1.82, 2.24) is 15.1 Å². The minimum absolute atomic E-state index is 0.531. The molecule has 0 radical (unpaired) electrons. The number of nitrogens with zero attached hydrogens (tertiary/aromatic N) is 3. The lowest BCUT2D eigenvalue weighted by Crippen LogP contribution is -2.14. The van der Waals surface area contributed by atoms with Gasteiger partial charge >= 0.3 is 0 Å². The zero-order valence-electron chi connectivity index (χ0n) is 10.1. The quantitative estimate of drug-likeness (QED) is 0.894. The molecule has 0 bridgehead atoms. The van der Waals surface area contributed by atoms with E-state index in [4.69, 9.17) is 10.3 Å². The molecule has 0 amide bonds. The fraction of sp³-hybridized carbons (Fsp3) is 0.583. The van der Waals surface area contributed by atoms with Crippen molar-refractivity contribution in [2.75, 3.05) is 6.54 Å². The maximum Gasteiger partial charge on any atom is 0.277 e. The lowest BCUT2D eigenvalue weighted by atomic mass is 9.83. The van der Waals surface area contributed by atoms with E-state index in [0.717, 1.165) is 35.3 Å². The Morgan fingerprint density at radius 1 is 1.39 bits per heavy atom. The van der Waals surface area contributed by atoms with Crippen molar-refractivity contribution in [3.8, 4) is 11.6 Å². The van der Waals surface area contributed by atoms with Crippen molar-refractivity contribution >= 4 is 11.3 Å². The molecule has 3 rings (SSSR count). The van der Waals surface area contributed by atoms with Gasteiger partial charge in [-0.05, 0) is 12.5 Å². The maximum absolute atomic E-state index is 5.50. The molecule has 0 aliphatic heterocycles. The molecule has 1 saturated carbocycles. The lowest BCUT2D eigenvalue weighted by Gasteiger charge is -2.23. The summed E-state index contributed by atoms with van der Waals surface area (Å²) in [5.74, 6) is 2.09. The van der Waals surface area contributed by atoms with Gasteiger partial charge in [-0.25, -0.2) is 4.98 Å². The third kappa shape index (κ3) is 2.44.